The standard InChI is InChI=1S/C23H20N2O3/c1-15-7-12-21-19(13-15)25-23(28-21)17-8-10-18(11-9-17)24-22(26)14-27-20-6-4-3-5-16(20)2/h3-13H,14H2,1-2H3,(H,24,26). The molecular weight excluding hydrogens is 352 g/mol. The van der Waals surface area contributed by atoms with E-state index in [9.17, 15) is 4.79 Å². The van der Waals surface area contributed by atoms with E-state index in [1.807, 2.05) is 80.6 Å². The number of anilines is 1. The fourth-order valence-corrected chi connectivity index (χ4v) is 2.92. The molecule has 0 saturated carbocycles. The summed E-state index contributed by atoms with van der Waals surface area (Å²) in [6.45, 7) is 3.92. The highest BCUT2D eigenvalue weighted by Gasteiger charge is 2.09. The molecule has 0 saturated heterocycles. The molecule has 0 radical (unpaired) electrons. The number of oxazole rings is 1. The largest absolute Gasteiger partial charge is 0.483 e. The average molecular weight is 372 g/mol. The monoisotopic (exact) mass is 372 g/mol. The molecule has 1 N–H and O–H groups in total. The molecule has 4 aromatic rings. The second kappa shape index (κ2) is 7.56. The van der Waals surface area contributed by atoms with Gasteiger partial charge in [-0.15, -0.1) is 0 Å². The minimum absolute atomic E-state index is 0.0446. The zero-order valence-electron chi connectivity index (χ0n) is 15.7. The van der Waals surface area contributed by atoms with Crippen LogP contribution in [0.3, 0.4) is 0 Å². The van der Waals surface area contributed by atoms with Crippen molar-refractivity contribution in [2.45, 2.75) is 13.8 Å². The lowest BCUT2D eigenvalue weighted by atomic mass is 10.2. The van der Waals surface area contributed by atoms with Crippen LogP contribution in [-0.4, -0.2) is 17.5 Å². The van der Waals surface area contributed by atoms with Gasteiger partial charge in [0.25, 0.3) is 5.91 Å². The molecule has 0 aliphatic carbocycles. The number of amides is 1. The summed E-state index contributed by atoms with van der Waals surface area (Å²) in [5.74, 6) is 1.05. The fraction of sp³-hybridized carbons (Fsp3) is 0.130. The maximum atomic E-state index is 12.1. The van der Waals surface area contributed by atoms with E-state index >= 15 is 0 Å². The molecule has 0 spiro atoms. The third-order valence-corrected chi connectivity index (χ3v) is 4.41. The number of aromatic nitrogens is 1. The van der Waals surface area contributed by atoms with Crippen LogP contribution in [0.5, 0.6) is 5.75 Å². The Kier molecular flexibility index (Phi) is 4.81. The van der Waals surface area contributed by atoms with Gasteiger partial charge < -0.3 is 14.5 Å². The van der Waals surface area contributed by atoms with E-state index in [1.165, 1.54) is 0 Å². The van der Waals surface area contributed by atoms with Gasteiger partial charge in [0.05, 0.1) is 0 Å². The van der Waals surface area contributed by atoms with Gasteiger partial charge in [-0.3, -0.25) is 4.79 Å². The van der Waals surface area contributed by atoms with Crippen molar-refractivity contribution in [1.82, 2.24) is 4.98 Å². The van der Waals surface area contributed by atoms with E-state index in [0.717, 1.165) is 27.8 Å². The Labute approximate surface area is 163 Å². The average Bonchev–Trinajstić information content (AvgIpc) is 3.11. The third kappa shape index (κ3) is 3.88. The Morgan fingerprint density at radius 2 is 1.82 bits per heavy atom. The molecule has 0 bridgehead atoms. The first-order chi connectivity index (χ1) is 13.6. The minimum Gasteiger partial charge on any atom is -0.483 e. The quantitative estimate of drug-likeness (QED) is 0.527. The SMILES string of the molecule is Cc1ccc2oc(-c3ccc(NC(=O)COc4ccccc4C)cc3)nc2c1. The summed E-state index contributed by atoms with van der Waals surface area (Å²) in [4.78, 5) is 16.7. The van der Waals surface area contributed by atoms with Gasteiger partial charge in [0, 0.05) is 11.3 Å². The highest BCUT2D eigenvalue weighted by molar-refractivity contribution is 5.92. The number of ether oxygens (including phenoxy) is 1. The fourth-order valence-electron chi connectivity index (χ4n) is 2.92. The molecule has 0 atom stereocenters. The van der Waals surface area contributed by atoms with Crippen molar-refractivity contribution in [2.24, 2.45) is 0 Å². The molecular formula is C23H20N2O3. The van der Waals surface area contributed by atoms with Crippen molar-refractivity contribution in [2.75, 3.05) is 11.9 Å². The zero-order valence-corrected chi connectivity index (χ0v) is 15.7. The Balaban J connectivity index is 1.41. The molecule has 28 heavy (non-hydrogen) atoms. The molecule has 3 aromatic carbocycles. The van der Waals surface area contributed by atoms with Gasteiger partial charge in [-0.25, -0.2) is 4.98 Å². The third-order valence-electron chi connectivity index (χ3n) is 4.41. The molecule has 0 fully saturated rings. The summed E-state index contributed by atoms with van der Waals surface area (Å²) < 4.78 is 11.4. The van der Waals surface area contributed by atoms with Crippen molar-refractivity contribution >= 4 is 22.7 Å². The van der Waals surface area contributed by atoms with Crippen LogP contribution in [0.25, 0.3) is 22.6 Å². The van der Waals surface area contributed by atoms with Gasteiger partial charge in [-0.2, -0.15) is 0 Å². The number of fused-ring (bicyclic) bond motifs is 1. The first-order valence-corrected chi connectivity index (χ1v) is 9.04. The molecule has 5 nitrogen and oxygen atoms in total. The maximum Gasteiger partial charge on any atom is 0.262 e. The second-order valence-electron chi connectivity index (χ2n) is 6.67. The first-order valence-electron chi connectivity index (χ1n) is 9.04. The number of nitrogens with zero attached hydrogens (tertiary/aromatic N) is 1. The number of para-hydroxylation sites is 1. The lowest BCUT2D eigenvalue weighted by molar-refractivity contribution is -0.118. The van der Waals surface area contributed by atoms with E-state index < -0.39 is 0 Å². The van der Waals surface area contributed by atoms with Crippen LogP contribution in [0.2, 0.25) is 0 Å². The molecule has 5 heteroatoms. The van der Waals surface area contributed by atoms with Crippen LogP contribution >= 0.6 is 0 Å². The van der Waals surface area contributed by atoms with E-state index in [-0.39, 0.29) is 12.5 Å². The predicted molar refractivity (Wildman–Crippen MR) is 109 cm³/mol. The maximum absolute atomic E-state index is 12.1. The van der Waals surface area contributed by atoms with Crippen LogP contribution in [-0.2, 0) is 4.79 Å². The normalized spacial score (nSPS) is 10.8. The molecule has 0 unspecified atom stereocenters. The molecule has 1 amide bonds. The summed E-state index contributed by atoms with van der Waals surface area (Å²) >= 11 is 0. The number of rotatable bonds is 5. The van der Waals surface area contributed by atoms with Crippen molar-refractivity contribution < 1.29 is 13.9 Å². The van der Waals surface area contributed by atoms with Crippen LogP contribution in [0.4, 0.5) is 5.69 Å². The van der Waals surface area contributed by atoms with Crippen molar-refractivity contribution in [3.8, 4) is 17.2 Å². The Bertz CT molecular complexity index is 1130. The van der Waals surface area contributed by atoms with Crippen LogP contribution in [0.15, 0.2) is 71.1 Å². The van der Waals surface area contributed by atoms with Gasteiger partial charge in [0.2, 0.25) is 5.89 Å². The summed E-state index contributed by atoms with van der Waals surface area (Å²) in [5.41, 5.74) is 5.26. The lowest BCUT2D eigenvalue weighted by Crippen LogP contribution is -2.20. The number of carbonyl (C=O) groups excluding carboxylic acids is 1. The number of aryl methyl sites for hydroxylation is 2. The summed E-state index contributed by atoms with van der Waals surface area (Å²) in [7, 11) is 0. The second-order valence-corrected chi connectivity index (χ2v) is 6.67. The van der Waals surface area contributed by atoms with E-state index in [4.69, 9.17) is 9.15 Å². The number of hydrogen-bond acceptors (Lipinski definition) is 4. The summed E-state index contributed by atoms with van der Waals surface area (Å²) in [5, 5.41) is 2.83. The molecule has 1 heterocycles. The van der Waals surface area contributed by atoms with Gasteiger partial charge in [0.15, 0.2) is 12.2 Å². The number of benzene rings is 3. The molecule has 4 rings (SSSR count). The predicted octanol–water partition coefficient (Wildman–Crippen LogP) is 5.13. The van der Waals surface area contributed by atoms with Gasteiger partial charge in [-0.05, 0) is 67.4 Å². The molecule has 1 aromatic heterocycles. The van der Waals surface area contributed by atoms with Crippen LogP contribution < -0.4 is 10.1 Å². The van der Waals surface area contributed by atoms with Crippen molar-refractivity contribution in [3.05, 3.63) is 77.9 Å². The van der Waals surface area contributed by atoms with E-state index in [1.54, 1.807) is 0 Å². The smallest absolute Gasteiger partial charge is 0.262 e. The van der Waals surface area contributed by atoms with E-state index in [2.05, 4.69) is 10.3 Å². The highest BCUT2D eigenvalue weighted by Crippen LogP contribution is 2.26. The zero-order chi connectivity index (χ0) is 19.5. The van der Waals surface area contributed by atoms with Crippen LogP contribution in [0.1, 0.15) is 11.1 Å². The number of carbonyl (C=O) groups is 1. The molecule has 0 aliphatic heterocycles. The Morgan fingerprint density at radius 1 is 1.04 bits per heavy atom. The Hall–Kier alpha value is -3.60. The van der Waals surface area contributed by atoms with Gasteiger partial charge in [0.1, 0.15) is 11.3 Å². The summed E-state index contributed by atoms with van der Waals surface area (Å²) in [6, 6.07) is 20.9. The van der Waals surface area contributed by atoms with Crippen molar-refractivity contribution in [3.63, 3.8) is 0 Å². The van der Waals surface area contributed by atoms with Crippen LogP contribution in [0, 0.1) is 13.8 Å². The van der Waals surface area contributed by atoms with Crippen molar-refractivity contribution in [1.29, 1.82) is 0 Å². The lowest BCUT2D eigenvalue weighted by Gasteiger charge is -2.09. The van der Waals surface area contributed by atoms with Gasteiger partial charge >= 0.3 is 0 Å². The Morgan fingerprint density at radius 3 is 2.61 bits per heavy atom. The molecule has 140 valence electrons. The highest BCUT2D eigenvalue weighted by atomic mass is 16.5. The van der Waals surface area contributed by atoms with Gasteiger partial charge in [-0.1, -0.05) is 24.3 Å². The number of nitrogens with one attached hydrogen (secondary N) is 1. The topological polar surface area (TPSA) is 64.4 Å². The summed E-state index contributed by atoms with van der Waals surface area (Å²) in [6.07, 6.45) is 0. The number of hydrogen-bond donors (Lipinski definition) is 1. The minimum atomic E-state index is -0.214. The molecule has 0 aliphatic rings. The first kappa shape index (κ1) is 17.8. The van der Waals surface area contributed by atoms with E-state index in [0.29, 0.717) is 17.3 Å².